The molecule has 2 aromatic carbocycles. The second-order valence-corrected chi connectivity index (χ2v) is 10.6. The number of hydrogen-bond acceptors (Lipinski definition) is 9. The molecular weight excluding hydrogens is 534 g/mol. The molecule has 4 heterocycles. The van der Waals surface area contributed by atoms with E-state index in [0.29, 0.717) is 58.6 Å². The third-order valence-electron chi connectivity index (χ3n) is 7.27. The van der Waals surface area contributed by atoms with Gasteiger partial charge in [-0.3, -0.25) is 19.3 Å². The Labute approximate surface area is 241 Å². The minimum atomic E-state index is -0.737. The summed E-state index contributed by atoms with van der Waals surface area (Å²) in [6, 6.07) is 16.1. The normalized spacial score (nSPS) is 14.0. The Morgan fingerprint density at radius 2 is 1.69 bits per heavy atom. The molecule has 212 valence electrons. The van der Waals surface area contributed by atoms with Gasteiger partial charge < -0.3 is 21.1 Å². The highest BCUT2D eigenvalue weighted by atomic mass is 16.3. The molecule has 1 amide bonds. The third-order valence-corrected chi connectivity index (χ3v) is 7.27. The van der Waals surface area contributed by atoms with Crippen molar-refractivity contribution < 1.29 is 9.90 Å². The van der Waals surface area contributed by atoms with Crippen LogP contribution in [0.15, 0.2) is 78.0 Å². The molecule has 0 aliphatic carbocycles. The first kappa shape index (κ1) is 26.8. The maximum Gasteiger partial charge on any atom is 0.284 e. The average molecular weight is 564 g/mol. The monoisotopic (exact) mass is 563 g/mol. The first-order chi connectivity index (χ1) is 20.1. The molecule has 12 heteroatoms. The highest BCUT2D eigenvalue weighted by molar-refractivity contribution is 6.05. The Morgan fingerprint density at radius 1 is 1.00 bits per heavy atom. The van der Waals surface area contributed by atoms with E-state index in [1.165, 1.54) is 10.9 Å². The van der Waals surface area contributed by atoms with Gasteiger partial charge in [0.05, 0.1) is 35.6 Å². The van der Waals surface area contributed by atoms with Crippen LogP contribution in [0.4, 0.5) is 17.3 Å². The number of carbonyl (C=O) groups is 1. The fourth-order valence-electron chi connectivity index (χ4n) is 5.04. The second kappa shape index (κ2) is 10.2. The molecule has 1 fully saturated rings. The summed E-state index contributed by atoms with van der Waals surface area (Å²) in [5.41, 5.74) is 8.98. The summed E-state index contributed by atoms with van der Waals surface area (Å²) >= 11 is 0. The average Bonchev–Trinajstić information content (AvgIpc) is 3.20. The van der Waals surface area contributed by atoms with E-state index < -0.39 is 17.1 Å². The molecule has 0 radical (unpaired) electrons. The second-order valence-electron chi connectivity index (χ2n) is 10.6. The Bertz CT molecular complexity index is 1850. The van der Waals surface area contributed by atoms with E-state index >= 15 is 0 Å². The first-order valence-corrected chi connectivity index (χ1v) is 13.3. The van der Waals surface area contributed by atoms with Crippen molar-refractivity contribution in [2.45, 2.75) is 19.4 Å². The van der Waals surface area contributed by atoms with Gasteiger partial charge in [0.25, 0.3) is 11.5 Å². The van der Waals surface area contributed by atoms with E-state index in [1.807, 2.05) is 35.2 Å². The first-order valence-electron chi connectivity index (χ1n) is 13.3. The summed E-state index contributed by atoms with van der Waals surface area (Å²) in [6.45, 7) is 4.46. The Morgan fingerprint density at radius 3 is 2.38 bits per heavy atom. The number of nitrogens with two attached hydrogens (primary N) is 1. The van der Waals surface area contributed by atoms with Crippen molar-refractivity contribution in [1.29, 1.82) is 0 Å². The van der Waals surface area contributed by atoms with Crippen molar-refractivity contribution in [2.75, 3.05) is 29.0 Å². The summed E-state index contributed by atoms with van der Waals surface area (Å²) in [4.78, 5) is 46.3. The Kier molecular flexibility index (Phi) is 6.54. The molecule has 5 aromatic rings. The number of hydrogen-bond donors (Lipinski definition) is 3. The molecule has 1 aliphatic heterocycles. The van der Waals surface area contributed by atoms with E-state index in [0.717, 1.165) is 0 Å². The van der Waals surface area contributed by atoms with Crippen molar-refractivity contribution in [3.05, 3.63) is 94.8 Å². The van der Waals surface area contributed by atoms with Crippen LogP contribution in [0.25, 0.3) is 28.3 Å². The minimum absolute atomic E-state index is 0.0680. The van der Waals surface area contributed by atoms with Gasteiger partial charge in [-0.15, -0.1) is 0 Å². The Hall–Kier alpha value is -5.36. The van der Waals surface area contributed by atoms with E-state index in [2.05, 4.69) is 20.3 Å². The number of nitrogens with zero attached hydrogens (tertiary/aromatic N) is 7. The molecule has 0 saturated carbocycles. The van der Waals surface area contributed by atoms with Crippen LogP contribution in [-0.4, -0.2) is 59.0 Å². The standard InChI is InChI=1S/C30H29N9O3/c1-18-25(29(41)39(37(18)3)21-7-5-4-6-8-21)28(40)34-20-11-9-19(10-12-20)26-27(31)33-14-23(36-26)22-13-32-15-24(35-22)38-16-30(2,42)17-38/h4-15,42H,16-17H2,1-3H3,(H2,31,33)(H,34,40). The SMILES string of the molecule is Cc1c(C(=O)Nc2ccc(-c3nc(-c4cncc(N5CC(C)(O)C5)n4)cnc3N)cc2)c(=O)n(-c2ccccc2)n1C. The van der Waals surface area contributed by atoms with Crippen molar-refractivity contribution in [3.63, 3.8) is 0 Å². The van der Waals surface area contributed by atoms with Gasteiger partial charge in [0, 0.05) is 31.4 Å². The number of β-amino-alcohol motifs (C(OH)–C–C–N with tert-alkyl or cyclic N) is 1. The number of benzene rings is 2. The predicted molar refractivity (Wildman–Crippen MR) is 159 cm³/mol. The van der Waals surface area contributed by atoms with Crippen LogP contribution in [-0.2, 0) is 7.05 Å². The summed E-state index contributed by atoms with van der Waals surface area (Å²) in [7, 11) is 1.74. The van der Waals surface area contributed by atoms with Crippen molar-refractivity contribution in [1.82, 2.24) is 29.3 Å². The van der Waals surface area contributed by atoms with E-state index in [1.54, 1.807) is 62.2 Å². The number of rotatable bonds is 6. The smallest absolute Gasteiger partial charge is 0.284 e. The maximum absolute atomic E-state index is 13.2. The van der Waals surface area contributed by atoms with Gasteiger partial charge in [-0.25, -0.2) is 19.6 Å². The zero-order chi connectivity index (χ0) is 29.6. The molecule has 0 unspecified atom stereocenters. The van der Waals surface area contributed by atoms with Crippen LogP contribution in [0.2, 0.25) is 0 Å². The van der Waals surface area contributed by atoms with Crippen LogP contribution in [0, 0.1) is 6.92 Å². The van der Waals surface area contributed by atoms with Crippen LogP contribution in [0.1, 0.15) is 23.0 Å². The molecular formula is C30H29N9O3. The van der Waals surface area contributed by atoms with Gasteiger partial charge in [-0.2, -0.15) is 0 Å². The van der Waals surface area contributed by atoms with Gasteiger partial charge in [0.15, 0.2) is 0 Å². The predicted octanol–water partition coefficient (Wildman–Crippen LogP) is 2.80. The van der Waals surface area contributed by atoms with E-state index in [-0.39, 0.29) is 11.4 Å². The van der Waals surface area contributed by atoms with E-state index in [4.69, 9.17) is 10.7 Å². The van der Waals surface area contributed by atoms with Crippen molar-refractivity contribution >= 4 is 23.2 Å². The van der Waals surface area contributed by atoms with Gasteiger partial charge in [-0.05, 0) is 38.1 Å². The van der Waals surface area contributed by atoms with Crippen molar-refractivity contribution in [2.24, 2.45) is 7.05 Å². The lowest BCUT2D eigenvalue weighted by atomic mass is 9.97. The minimum Gasteiger partial charge on any atom is -0.386 e. The zero-order valence-corrected chi connectivity index (χ0v) is 23.3. The Balaban J connectivity index is 1.23. The van der Waals surface area contributed by atoms with Gasteiger partial charge in [-0.1, -0.05) is 30.3 Å². The van der Waals surface area contributed by atoms with E-state index in [9.17, 15) is 14.7 Å². The third kappa shape index (κ3) is 4.88. The topological polar surface area (TPSA) is 157 Å². The summed E-state index contributed by atoms with van der Waals surface area (Å²) < 4.78 is 3.13. The highest BCUT2D eigenvalue weighted by Gasteiger charge is 2.37. The molecule has 1 saturated heterocycles. The maximum atomic E-state index is 13.2. The molecule has 0 bridgehead atoms. The molecule has 6 rings (SSSR count). The van der Waals surface area contributed by atoms with Crippen LogP contribution in [0.3, 0.4) is 0 Å². The number of nitrogens with one attached hydrogen (secondary N) is 1. The van der Waals surface area contributed by atoms with Crippen molar-refractivity contribution in [3.8, 4) is 28.3 Å². The largest absolute Gasteiger partial charge is 0.386 e. The van der Waals surface area contributed by atoms with Gasteiger partial charge in [0.2, 0.25) is 0 Å². The fourth-order valence-corrected chi connectivity index (χ4v) is 5.04. The fraction of sp³-hybridized carbons (Fsp3) is 0.200. The van der Waals surface area contributed by atoms with Gasteiger partial charge >= 0.3 is 0 Å². The number of carbonyl (C=O) groups excluding carboxylic acids is 1. The lowest BCUT2D eigenvalue weighted by Crippen LogP contribution is -2.60. The van der Waals surface area contributed by atoms with Crippen LogP contribution < -0.4 is 21.5 Å². The van der Waals surface area contributed by atoms with Gasteiger partial charge in [0.1, 0.15) is 34.3 Å². The number of anilines is 3. The number of amides is 1. The highest BCUT2D eigenvalue weighted by Crippen LogP contribution is 2.29. The molecule has 3 aromatic heterocycles. The lowest BCUT2D eigenvalue weighted by Gasteiger charge is -2.44. The quantitative estimate of drug-likeness (QED) is 0.283. The lowest BCUT2D eigenvalue weighted by molar-refractivity contribution is 0.0305. The summed E-state index contributed by atoms with van der Waals surface area (Å²) in [5, 5.41) is 12.9. The summed E-state index contributed by atoms with van der Waals surface area (Å²) in [6.07, 6.45) is 4.78. The van der Waals surface area contributed by atoms with Crippen LogP contribution in [0.5, 0.6) is 0 Å². The summed E-state index contributed by atoms with van der Waals surface area (Å²) in [5.74, 6) is 0.377. The number of para-hydroxylation sites is 1. The molecule has 12 nitrogen and oxygen atoms in total. The number of aromatic nitrogens is 6. The molecule has 42 heavy (non-hydrogen) atoms. The molecule has 4 N–H and O–H groups in total. The van der Waals surface area contributed by atoms with Crippen LogP contribution >= 0.6 is 0 Å². The zero-order valence-electron chi connectivity index (χ0n) is 23.3. The molecule has 1 aliphatic rings. The number of nitrogen functional groups attached to an aromatic ring is 1. The number of aliphatic hydroxyl groups is 1. The molecule has 0 spiro atoms. The molecule has 0 atom stereocenters.